The number of oxazole rings is 2. The van der Waals surface area contributed by atoms with Crippen LogP contribution in [-0.2, 0) is 0 Å². The quantitative estimate of drug-likeness (QED) is 0.0937. The minimum absolute atomic E-state index is 0.0137. The van der Waals surface area contributed by atoms with Gasteiger partial charge in [0.1, 0.15) is 5.82 Å². The maximum absolute atomic E-state index is 14.1. The fraction of sp³-hybridized carbons (Fsp3) is 0.0571. The normalized spacial score (nSPS) is 10.8. The lowest BCUT2D eigenvalue weighted by atomic mass is 10.2. The van der Waals surface area contributed by atoms with Gasteiger partial charge in [0.25, 0.3) is 0 Å². The summed E-state index contributed by atoms with van der Waals surface area (Å²) in [5.74, 6) is -1.31. The highest BCUT2D eigenvalue weighted by atomic mass is 19.1. The fourth-order valence-corrected chi connectivity index (χ4v) is 4.79. The zero-order valence-electron chi connectivity index (χ0n) is 27.3. The predicted molar refractivity (Wildman–Crippen MR) is 191 cm³/mol. The second-order valence-electron chi connectivity index (χ2n) is 11.3. The van der Waals surface area contributed by atoms with E-state index in [9.17, 15) is 18.4 Å². The number of H-pyrrole nitrogens is 2. The molecule has 5 aromatic heterocycles. The van der Waals surface area contributed by atoms with Crippen LogP contribution >= 0.6 is 0 Å². The number of aryl methyl sites for hydroxylation is 2. The van der Waals surface area contributed by atoms with Crippen LogP contribution in [0, 0.1) is 25.5 Å². The summed E-state index contributed by atoms with van der Waals surface area (Å²) in [5, 5.41) is 11.7. The zero-order valence-corrected chi connectivity index (χ0v) is 27.3. The summed E-state index contributed by atoms with van der Waals surface area (Å²) < 4.78 is 38.0. The van der Waals surface area contributed by atoms with Crippen LogP contribution in [0.25, 0.3) is 22.2 Å². The van der Waals surface area contributed by atoms with Crippen LogP contribution in [0.15, 0.2) is 110 Å². The van der Waals surface area contributed by atoms with Gasteiger partial charge in [-0.2, -0.15) is 9.97 Å². The largest absolute Gasteiger partial charge is 0.417 e. The molecule has 0 amide bonds. The first-order valence-corrected chi connectivity index (χ1v) is 15.5. The number of pyridine rings is 1. The van der Waals surface area contributed by atoms with Crippen molar-refractivity contribution in [1.29, 1.82) is 0 Å². The van der Waals surface area contributed by atoms with E-state index in [0.29, 0.717) is 39.4 Å². The molecule has 0 saturated heterocycles. The van der Waals surface area contributed by atoms with Crippen LogP contribution in [0.4, 0.5) is 55.2 Å². The monoisotopic (exact) mass is 703 g/mol. The molecule has 15 nitrogen and oxygen atoms in total. The number of aromatic amines is 2. The number of halogens is 2. The Labute approximate surface area is 291 Å². The molecule has 0 bridgehead atoms. The molecule has 52 heavy (non-hydrogen) atoms. The first kappa shape index (κ1) is 33.1. The lowest BCUT2D eigenvalue weighted by molar-refractivity contribution is 0.555. The Morgan fingerprint density at radius 1 is 0.558 bits per heavy atom. The molecule has 0 fully saturated rings. The molecule has 3 aromatic carbocycles. The Bertz CT molecular complexity index is 2450. The van der Waals surface area contributed by atoms with E-state index in [1.54, 1.807) is 48.7 Å². The summed E-state index contributed by atoms with van der Waals surface area (Å²) in [5.41, 5.74) is 5.87. The summed E-state index contributed by atoms with van der Waals surface area (Å²) in [6.07, 6.45) is 3.85. The standard InChI is InChI=1S/C18H14FN5O2.C17H13FN6O2/c1-10-2-4-11(5-3-10)22-17-20-9-13(19)16(24-17)21-12-6-7-15-14(8-12)23-18(25)26-15;1-9-2-5-14(19-7-9)23-16-20-8-11(18)15(24-16)21-10-3-4-13-12(6-10)22-17(25)26-13/h2-9H,1H3,(H,23,25)(H2,20,21,22,24);2-8H,1H3,(H,22,25)(H2,19,20,21,23,24). The smallest absolute Gasteiger partial charge is 0.408 e. The van der Waals surface area contributed by atoms with Gasteiger partial charge in [-0.05, 0) is 74.0 Å². The van der Waals surface area contributed by atoms with E-state index in [4.69, 9.17) is 8.83 Å². The highest BCUT2D eigenvalue weighted by molar-refractivity contribution is 5.79. The number of nitrogens with one attached hydrogen (secondary N) is 6. The summed E-state index contributed by atoms with van der Waals surface area (Å²) in [7, 11) is 0. The van der Waals surface area contributed by atoms with Crippen molar-refractivity contribution in [3.63, 3.8) is 0 Å². The van der Waals surface area contributed by atoms with E-state index in [2.05, 4.69) is 56.2 Å². The molecule has 0 unspecified atom stereocenters. The number of anilines is 8. The van der Waals surface area contributed by atoms with Crippen LogP contribution in [-0.4, -0.2) is 34.9 Å². The molecule has 6 N–H and O–H groups in total. The van der Waals surface area contributed by atoms with E-state index in [-0.39, 0.29) is 23.5 Å². The minimum atomic E-state index is -0.617. The molecule has 0 spiro atoms. The number of benzene rings is 3. The van der Waals surface area contributed by atoms with Gasteiger partial charge in [-0.15, -0.1) is 0 Å². The van der Waals surface area contributed by atoms with Crippen LogP contribution < -0.4 is 32.8 Å². The van der Waals surface area contributed by atoms with Crippen molar-refractivity contribution >= 4 is 68.6 Å². The Kier molecular flexibility index (Phi) is 9.03. The number of nitrogens with zero attached hydrogens (tertiary/aromatic N) is 5. The van der Waals surface area contributed by atoms with Gasteiger partial charge in [-0.25, -0.2) is 33.3 Å². The highest BCUT2D eigenvalue weighted by Crippen LogP contribution is 2.24. The van der Waals surface area contributed by atoms with Crippen molar-refractivity contribution in [2.75, 3.05) is 21.3 Å². The van der Waals surface area contributed by atoms with Crippen molar-refractivity contribution in [2.45, 2.75) is 13.8 Å². The average Bonchev–Trinajstić information content (AvgIpc) is 3.69. The molecule has 260 valence electrons. The van der Waals surface area contributed by atoms with E-state index >= 15 is 0 Å². The van der Waals surface area contributed by atoms with Gasteiger partial charge >= 0.3 is 11.5 Å². The second-order valence-corrected chi connectivity index (χ2v) is 11.3. The topological polar surface area (TPSA) is 205 Å². The van der Waals surface area contributed by atoms with Crippen LogP contribution in [0.5, 0.6) is 0 Å². The summed E-state index contributed by atoms with van der Waals surface area (Å²) in [6, 6.07) is 21.1. The average molecular weight is 704 g/mol. The third kappa shape index (κ3) is 7.89. The van der Waals surface area contributed by atoms with Crippen molar-refractivity contribution in [1.82, 2.24) is 34.9 Å². The Hall–Kier alpha value is -7.43. The first-order chi connectivity index (χ1) is 25.1. The van der Waals surface area contributed by atoms with Crippen LogP contribution in [0.2, 0.25) is 0 Å². The number of rotatable bonds is 8. The van der Waals surface area contributed by atoms with Crippen LogP contribution in [0.3, 0.4) is 0 Å². The summed E-state index contributed by atoms with van der Waals surface area (Å²) in [6.45, 7) is 3.92. The molecule has 17 heteroatoms. The lowest BCUT2D eigenvalue weighted by Crippen LogP contribution is -2.04. The van der Waals surface area contributed by atoms with E-state index in [0.717, 1.165) is 29.2 Å². The number of hydrogen-bond acceptors (Lipinski definition) is 13. The number of hydrogen-bond donors (Lipinski definition) is 6. The van der Waals surface area contributed by atoms with Gasteiger partial charge < -0.3 is 30.1 Å². The van der Waals surface area contributed by atoms with Crippen molar-refractivity contribution < 1.29 is 17.6 Å². The number of aromatic nitrogens is 7. The van der Waals surface area contributed by atoms with Gasteiger partial charge in [-0.3, -0.25) is 9.97 Å². The van der Waals surface area contributed by atoms with Gasteiger partial charge in [-0.1, -0.05) is 23.8 Å². The fourth-order valence-electron chi connectivity index (χ4n) is 4.79. The van der Waals surface area contributed by atoms with E-state index in [1.165, 1.54) is 0 Å². The van der Waals surface area contributed by atoms with Gasteiger partial charge in [0, 0.05) is 23.3 Å². The molecule has 0 atom stereocenters. The Balaban J connectivity index is 0.000000162. The van der Waals surface area contributed by atoms with Crippen molar-refractivity contribution in [3.8, 4) is 0 Å². The molecule has 8 rings (SSSR count). The third-order valence-corrected chi connectivity index (χ3v) is 7.31. The number of fused-ring (bicyclic) bond motifs is 2. The molecule has 0 radical (unpaired) electrons. The Morgan fingerprint density at radius 2 is 1.06 bits per heavy atom. The van der Waals surface area contributed by atoms with Crippen molar-refractivity contribution in [3.05, 3.63) is 135 Å². The molecule has 0 aliphatic heterocycles. The minimum Gasteiger partial charge on any atom is -0.408 e. The van der Waals surface area contributed by atoms with Gasteiger partial charge in [0.15, 0.2) is 34.4 Å². The lowest BCUT2D eigenvalue weighted by Gasteiger charge is -2.09. The molecule has 5 heterocycles. The van der Waals surface area contributed by atoms with E-state index in [1.807, 2.05) is 44.2 Å². The molecule has 0 aliphatic rings. The second kappa shape index (κ2) is 14.2. The Morgan fingerprint density at radius 3 is 1.58 bits per heavy atom. The highest BCUT2D eigenvalue weighted by Gasteiger charge is 2.11. The van der Waals surface area contributed by atoms with Gasteiger partial charge in [0.05, 0.1) is 23.4 Å². The maximum atomic E-state index is 14.1. The molecular formula is C35H27F2N11O4. The van der Waals surface area contributed by atoms with Crippen molar-refractivity contribution in [2.24, 2.45) is 0 Å². The van der Waals surface area contributed by atoms with Gasteiger partial charge in [0.2, 0.25) is 11.9 Å². The third-order valence-electron chi connectivity index (χ3n) is 7.31. The summed E-state index contributed by atoms with van der Waals surface area (Å²) >= 11 is 0. The van der Waals surface area contributed by atoms with E-state index < -0.39 is 23.1 Å². The SMILES string of the molecule is Cc1ccc(Nc2ncc(F)c(Nc3ccc4oc(=O)[nH]c4c3)n2)cc1.Cc1ccc(Nc2ncc(F)c(Nc3ccc4oc(=O)[nH]c4c3)n2)nc1. The summed E-state index contributed by atoms with van der Waals surface area (Å²) in [4.78, 5) is 47.9. The first-order valence-electron chi connectivity index (χ1n) is 15.5. The zero-order chi connectivity index (χ0) is 36.2. The van der Waals surface area contributed by atoms with Crippen LogP contribution in [0.1, 0.15) is 11.1 Å². The predicted octanol–water partition coefficient (Wildman–Crippen LogP) is 7.09. The molecular weight excluding hydrogens is 676 g/mol. The molecule has 0 aliphatic carbocycles. The molecule has 8 aromatic rings. The maximum Gasteiger partial charge on any atom is 0.417 e. The molecule has 0 saturated carbocycles.